The third kappa shape index (κ3) is 8.33. The molecule has 0 radical (unpaired) electrons. The number of carbonyl (C=O) groups excluding carboxylic acids is 1. The van der Waals surface area contributed by atoms with E-state index in [0.717, 1.165) is 22.4 Å². The van der Waals surface area contributed by atoms with Crippen LogP contribution in [0.2, 0.25) is 15.1 Å². The van der Waals surface area contributed by atoms with E-state index in [4.69, 9.17) is 44.3 Å². The second-order valence-corrected chi connectivity index (χ2v) is 13.6. The van der Waals surface area contributed by atoms with Crippen molar-refractivity contribution in [3.63, 3.8) is 0 Å². The van der Waals surface area contributed by atoms with Gasteiger partial charge in [-0.2, -0.15) is 5.10 Å². The van der Waals surface area contributed by atoms with Crippen LogP contribution in [0.1, 0.15) is 48.8 Å². The number of aryl methyl sites for hydroxylation is 1. The van der Waals surface area contributed by atoms with Gasteiger partial charge in [-0.15, -0.1) is 0 Å². The van der Waals surface area contributed by atoms with Crippen LogP contribution in [0, 0.1) is 6.92 Å². The largest absolute Gasteiger partial charge is 0.506 e. The first kappa shape index (κ1) is 35.7. The lowest BCUT2D eigenvalue weighted by Crippen LogP contribution is -2.29. The smallest absolute Gasteiger partial charge is 0.320 e. The summed E-state index contributed by atoms with van der Waals surface area (Å²) in [5, 5.41) is 20.9. The van der Waals surface area contributed by atoms with Gasteiger partial charge in [0.05, 0.1) is 35.1 Å². The highest BCUT2D eigenvalue weighted by Gasteiger charge is 2.22. The van der Waals surface area contributed by atoms with Crippen molar-refractivity contribution in [1.82, 2.24) is 19.7 Å². The summed E-state index contributed by atoms with van der Waals surface area (Å²) in [6, 6.07) is 20.6. The number of ether oxygens (including phenoxy) is 2. The maximum absolute atomic E-state index is 13.2. The van der Waals surface area contributed by atoms with Crippen molar-refractivity contribution >= 4 is 46.7 Å². The van der Waals surface area contributed by atoms with Gasteiger partial charge in [-0.25, -0.2) is 9.48 Å². The van der Waals surface area contributed by atoms with Gasteiger partial charge in [-0.3, -0.25) is 10.1 Å². The van der Waals surface area contributed by atoms with Crippen LogP contribution in [-0.2, 0) is 25.1 Å². The minimum atomic E-state index is -0.456. The number of anilines is 1. The van der Waals surface area contributed by atoms with Crippen molar-refractivity contribution in [1.29, 1.82) is 0 Å². The van der Waals surface area contributed by atoms with Crippen LogP contribution in [0.15, 0.2) is 77.6 Å². The third-order valence-corrected chi connectivity index (χ3v) is 8.75. The molecule has 10 nitrogen and oxygen atoms in total. The molecular formula is C36H36Cl3N5O5. The van der Waals surface area contributed by atoms with Crippen LogP contribution in [0.25, 0.3) is 5.69 Å². The Morgan fingerprint density at radius 1 is 0.939 bits per heavy atom. The van der Waals surface area contributed by atoms with Crippen molar-refractivity contribution < 1.29 is 19.4 Å². The summed E-state index contributed by atoms with van der Waals surface area (Å²) >= 11 is 18.9. The number of amides is 2. The molecule has 3 N–H and O–H groups in total. The summed E-state index contributed by atoms with van der Waals surface area (Å²) in [5.41, 5.74) is 3.72. The predicted octanol–water partition coefficient (Wildman–Crippen LogP) is 8.26. The Labute approximate surface area is 299 Å². The Morgan fingerprint density at radius 3 is 2.35 bits per heavy atom. The van der Waals surface area contributed by atoms with Crippen molar-refractivity contribution in [3.05, 3.63) is 126 Å². The van der Waals surface area contributed by atoms with Gasteiger partial charge in [0.2, 0.25) is 0 Å². The molecule has 0 spiro atoms. The highest BCUT2D eigenvalue weighted by Crippen LogP contribution is 2.31. The molecule has 0 aliphatic rings. The van der Waals surface area contributed by atoms with E-state index in [9.17, 15) is 14.7 Å². The molecule has 49 heavy (non-hydrogen) atoms. The molecule has 256 valence electrons. The predicted molar refractivity (Wildman–Crippen MR) is 193 cm³/mol. The molecule has 5 aromatic rings. The zero-order valence-corrected chi connectivity index (χ0v) is 29.9. The molecule has 3 aromatic carbocycles. The van der Waals surface area contributed by atoms with Gasteiger partial charge in [0.1, 0.15) is 34.7 Å². The molecule has 5 rings (SSSR count). The molecule has 0 saturated carbocycles. The fraction of sp³-hybridized carbons (Fsp3) is 0.250. The Balaban J connectivity index is 1.27. The maximum atomic E-state index is 13.2. The lowest BCUT2D eigenvalue weighted by Gasteiger charge is -2.16. The van der Waals surface area contributed by atoms with Gasteiger partial charge in [-0.05, 0) is 53.9 Å². The molecule has 2 heterocycles. The minimum absolute atomic E-state index is 0.0404. The van der Waals surface area contributed by atoms with Gasteiger partial charge in [0.25, 0.3) is 5.56 Å². The van der Waals surface area contributed by atoms with Gasteiger partial charge in [-0.1, -0.05) is 85.9 Å². The van der Waals surface area contributed by atoms with E-state index in [1.165, 1.54) is 13.2 Å². The number of phenols is 1. The number of halogens is 3. The Hall–Kier alpha value is -4.64. The van der Waals surface area contributed by atoms with E-state index in [1.807, 2.05) is 51.1 Å². The average molecular weight is 725 g/mol. The number of hydrogen-bond donors (Lipinski definition) is 3. The van der Waals surface area contributed by atoms with Crippen LogP contribution in [-0.4, -0.2) is 32.6 Å². The number of urea groups is 1. The number of hydrogen-bond acceptors (Lipinski definition) is 6. The van der Waals surface area contributed by atoms with E-state index in [-0.39, 0.29) is 46.7 Å². The second kappa shape index (κ2) is 14.9. The van der Waals surface area contributed by atoms with Crippen molar-refractivity contribution in [3.8, 4) is 22.9 Å². The first-order valence-corrected chi connectivity index (χ1v) is 16.4. The topological polar surface area (TPSA) is 120 Å². The third-order valence-electron chi connectivity index (χ3n) is 7.81. The number of benzene rings is 3. The van der Waals surface area contributed by atoms with E-state index >= 15 is 0 Å². The minimum Gasteiger partial charge on any atom is -0.506 e. The number of nitrogens with zero attached hydrogens (tertiary/aromatic N) is 3. The second-order valence-electron chi connectivity index (χ2n) is 12.4. The number of carbonyl (C=O) groups is 1. The first-order chi connectivity index (χ1) is 23.2. The fourth-order valence-corrected chi connectivity index (χ4v) is 5.70. The van der Waals surface area contributed by atoms with Crippen LogP contribution < -0.4 is 25.7 Å². The van der Waals surface area contributed by atoms with E-state index in [2.05, 4.69) is 15.7 Å². The van der Waals surface area contributed by atoms with Gasteiger partial charge in [0, 0.05) is 29.8 Å². The Bertz CT molecular complexity index is 2070. The average Bonchev–Trinajstić information content (AvgIpc) is 3.49. The van der Waals surface area contributed by atoms with Crippen LogP contribution >= 0.6 is 34.8 Å². The monoisotopic (exact) mass is 723 g/mol. The van der Waals surface area contributed by atoms with Crippen molar-refractivity contribution in [2.24, 2.45) is 0 Å². The van der Waals surface area contributed by atoms with E-state index in [0.29, 0.717) is 28.0 Å². The SMILES string of the molecule is COc1ccc(Cn2c(C)cc(OCc3ccccc3CNC(=O)Nc3cc(C(C)(C)C)nn3-c3ccc(O)c(Cl)c3)c(Cl)c2=O)cc1Cl. The summed E-state index contributed by atoms with van der Waals surface area (Å²) < 4.78 is 14.4. The quantitative estimate of drug-likeness (QED) is 0.133. The zero-order valence-electron chi connectivity index (χ0n) is 27.6. The summed E-state index contributed by atoms with van der Waals surface area (Å²) in [7, 11) is 1.54. The number of phenolic OH excluding ortho intramolecular Hbond substituents is 1. The molecule has 0 bridgehead atoms. The number of aromatic nitrogens is 3. The van der Waals surface area contributed by atoms with Crippen molar-refractivity contribution in [2.75, 3.05) is 12.4 Å². The van der Waals surface area contributed by atoms with Crippen molar-refractivity contribution in [2.45, 2.75) is 52.8 Å². The molecule has 0 aliphatic carbocycles. The number of methoxy groups -OCH3 is 1. The Kier molecular flexibility index (Phi) is 10.8. The molecule has 13 heteroatoms. The molecule has 0 saturated heterocycles. The molecule has 2 amide bonds. The first-order valence-electron chi connectivity index (χ1n) is 15.3. The summed E-state index contributed by atoms with van der Waals surface area (Å²) in [6.45, 7) is 8.43. The van der Waals surface area contributed by atoms with E-state index in [1.54, 1.807) is 52.6 Å². The van der Waals surface area contributed by atoms with Crippen LogP contribution in [0.3, 0.4) is 0 Å². The number of aromatic hydroxyl groups is 1. The summed E-state index contributed by atoms with van der Waals surface area (Å²) in [5.74, 6) is 1.17. The number of nitrogens with one attached hydrogen (secondary N) is 2. The molecular weight excluding hydrogens is 689 g/mol. The molecule has 0 atom stereocenters. The molecule has 0 aliphatic heterocycles. The van der Waals surface area contributed by atoms with E-state index < -0.39 is 11.6 Å². The fourth-order valence-electron chi connectivity index (χ4n) is 5.03. The maximum Gasteiger partial charge on any atom is 0.320 e. The molecule has 2 aromatic heterocycles. The number of rotatable bonds is 10. The lowest BCUT2D eigenvalue weighted by molar-refractivity contribution is 0.251. The highest BCUT2D eigenvalue weighted by molar-refractivity contribution is 6.32. The van der Waals surface area contributed by atoms with Gasteiger partial charge >= 0.3 is 6.03 Å². The standard InChI is InChI=1S/C36H36Cl3N5O5/c1-21-14-30(33(39)34(46)43(21)19-22-10-13-29(48-5)27(38)15-22)49-20-24-9-7-6-8-23(24)18-40-35(47)41-32-17-31(36(2,3)4)42-44(32)25-11-12-28(45)26(37)16-25/h6-17,45H,18-20H2,1-5H3,(H2,40,41,47). The van der Waals surface area contributed by atoms with Crippen LogP contribution in [0.5, 0.6) is 17.2 Å². The summed E-state index contributed by atoms with van der Waals surface area (Å²) in [6.07, 6.45) is 0. The normalized spacial score (nSPS) is 11.3. The molecule has 0 unspecified atom stereocenters. The lowest BCUT2D eigenvalue weighted by atomic mass is 9.92. The zero-order chi connectivity index (χ0) is 35.5. The molecule has 0 fully saturated rings. The highest BCUT2D eigenvalue weighted by atomic mass is 35.5. The van der Waals surface area contributed by atoms with Gasteiger partial charge in [0.15, 0.2) is 0 Å². The van der Waals surface area contributed by atoms with Crippen LogP contribution in [0.4, 0.5) is 10.6 Å². The van der Waals surface area contributed by atoms with Gasteiger partial charge < -0.3 is 24.5 Å². The number of pyridine rings is 1. The summed E-state index contributed by atoms with van der Waals surface area (Å²) in [4.78, 5) is 26.4. The Morgan fingerprint density at radius 2 is 1.67 bits per heavy atom.